The van der Waals surface area contributed by atoms with Crippen LogP contribution in [0.1, 0.15) is 26.7 Å². The van der Waals surface area contributed by atoms with Crippen LogP contribution in [0.3, 0.4) is 0 Å². The van der Waals surface area contributed by atoms with Crippen molar-refractivity contribution in [3.8, 4) is 0 Å². The lowest BCUT2D eigenvalue weighted by Gasteiger charge is -2.19. The average Bonchev–Trinajstić information content (AvgIpc) is 2.20. The van der Waals surface area contributed by atoms with Gasteiger partial charge in [0.1, 0.15) is 0 Å². The van der Waals surface area contributed by atoms with Gasteiger partial charge in [-0.15, -0.1) is 0 Å². The van der Waals surface area contributed by atoms with E-state index in [1.54, 1.807) is 7.11 Å². The molecule has 0 aliphatic carbocycles. The van der Waals surface area contributed by atoms with Crippen LogP contribution >= 0.6 is 0 Å². The van der Waals surface area contributed by atoms with Gasteiger partial charge in [0.05, 0.1) is 6.61 Å². The van der Waals surface area contributed by atoms with Crippen molar-refractivity contribution in [2.24, 2.45) is 0 Å². The summed E-state index contributed by atoms with van der Waals surface area (Å²) in [4.78, 5) is 2.31. The summed E-state index contributed by atoms with van der Waals surface area (Å²) >= 11 is 0. The molecule has 3 nitrogen and oxygen atoms in total. The second-order valence-electron chi connectivity index (χ2n) is 3.94. The first-order chi connectivity index (χ1) is 6.70. The highest BCUT2D eigenvalue weighted by atomic mass is 16.5. The van der Waals surface area contributed by atoms with Crippen LogP contribution in [0.4, 0.5) is 0 Å². The van der Waals surface area contributed by atoms with Gasteiger partial charge in [-0.25, -0.2) is 0 Å². The van der Waals surface area contributed by atoms with E-state index in [-0.39, 0.29) is 0 Å². The van der Waals surface area contributed by atoms with E-state index >= 15 is 0 Å². The van der Waals surface area contributed by atoms with Crippen molar-refractivity contribution in [3.05, 3.63) is 0 Å². The molecule has 0 saturated heterocycles. The van der Waals surface area contributed by atoms with Crippen molar-refractivity contribution >= 4 is 0 Å². The highest BCUT2D eigenvalue weighted by Gasteiger charge is 2.02. The molecule has 0 radical (unpaired) electrons. The second kappa shape index (κ2) is 9.44. The van der Waals surface area contributed by atoms with Gasteiger partial charge in [-0.2, -0.15) is 0 Å². The summed E-state index contributed by atoms with van der Waals surface area (Å²) in [6, 6.07) is 0.625. The molecule has 3 heteroatoms. The molecule has 0 aromatic rings. The zero-order valence-corrected chi connectivity index (χ0v) is 10.2. The number of rotatable bonds is 9. The zero-order valence-electron chi connectivity index (χ0n) is 10.2. The third-order valence-corrected chi connectivity index (χ3v) is 2.36. The van der Waals surface area contributed by atoms with Crippen molar-refractivity contribution in [1.29, 1.82) is 0 Å². The lowest BCUT2D eigenvalue weighted by atomic mass is 10.2. The predicted molar refractivity (Wildman–Crippen MR) is 61.7 cm³/mol. The van der Waals surface area contributed by atoms with Crippen LogP contribution in [0.25, 0.3) is 0 Å². The molecule has 0 fully saturated rings. The summed E-state index contributed by atoms with van der Waals surface area (Å²) in [6.45, 7) is 8.57. The third kappa shape index (κ3) is 8.48. The Morgan fingerprint density at radius 2 is 2.07 bits per heavy atom. The molecule has 0 aromatic carbocycles. The van der Waals surface area contributed by atoms with Gasteiger partial charge in [0.25, 0.3) is 0 Å². The minimum absolute atomic E-state index is 0.625. The highest BCUT2D eigenvalue weighted by Crippen LogP contribution is 1.94. The van der Waals surface area contributed by atoms with Gasteiger partial charge in [0, 0.05) is 19.7 Å². The quantitative estimate of drug-likeness (QED) is 0.611. The molecule has 0 aliphatic heterocycles. The molecule has 0 heterocycles. The lowest BCUT2D eigenvalue weighted by Crippen LogP contribution is -2.32. The van der Waals surface area contributed by atoms with Crippen LogP contribution in [-0.4, -0.2) is 51.3 Å². The van der Waals surface area contributed by atoms with Crippen LogP contribution in [0.15, 0.2) is 0 Å². The summed E-state index contributed by atoms with van der Waals surface area (Å²) in [7, 11) is 3.89. The Balaban J connectivity index is 3.31. The van der Waals surface area contributed by atoms with Gasteiger partial charge in [0.2, 0.25) is 0 Å². The first kappa shape index (κ1) is 13.9. The summed E-state index contributed by atoms with van der Waals surface area (Å²) in [5.74, 6) is 0. The maximum atomic E-state index is 5.03. The monoisotopic (exact) mass is 202 g/mol. The molecule has 0 aliphatic rings. The van der Waals surface area contributed by atoms with Gasteiger partial charge in [-0.3, -0.25) is 0 Å². The molecular formula is C11H26N2O. The molecule has 86 valence electrons. The minimum atomic E-state index is 0.625. The molecular weight excluding hydrogens is 176 g/mol. The van der Waals surface area contributed by atoms with Gasteiger partial charge in [-0.05, 0) is 39.9 Å². The Kier molecular flexibility index (Phi) is 9.35. The van der Waals surface area contributed by atoms with E-state index in [9.17, 15) is 0 Å². The first-order valence-corrected chi connectivity index (χ1v) is 5.61. The molecule has 0 saturated carbocycles. The normalized spacial score (nSPS) is 13.5. The van der Waals surface area contributed by atoms with Crippen LogP contribution in [0, 0.1) is 0 Å². The fourth-order valence-electron chi connectivity index (χ4n) is 1.27. The number of hydrogen-bond acceptors (Lipinski definition) is 3. The summed E-state index contributed by atoms with van der Waals surface area (Å²) in [6.07, 6.45) is 2.42. The van der Waals surface area contributed by atoms with Crippen LogP contribution < -0.4 is 5.32 Å². The molecule has 0 spiro atoms. The second-order valence-corrected chi connectivity index (χ2v) is 3.94. The van der Waals surface area contributed by atoms with Gasteiger partial charge in [-0.1, -0.05) is 6.92 Å². The summed E-state index contributed by atoms with van der Waals surface area (Å²) in [5.41, 5.74) is 0. The Morgan fingerprint density at radius 1 is 1.36 bits per heavy atom. The number of methoxy groups -OCH3 is 1. The number of nitrogens with zero attached hydrogens (tertiary/aromatic N) is 1. The smallest absolute Gasteiger partial charge is 0.0589 e. The van der Waals surface area contributed by atoms with Crippen molar-refractivity contribution in [3.63, 3.8) is 0 Å². The van der Waals surface area contributed by atoms with Crippen molar-refractivity contribution in [2.75, 3.05) is 40.4 Å². The SMILES string of the molecule is CCCNC(C)CCN(C)CCOC. The zero-order chi connectivity index (χ0) is 10.8. The maximum absolute atomic E-state index is 5.03. The van der Waals surface area contributed by atoms with E-state index in [4.69, 9.17) is 4.74 Å². The van der Waals surface area contributed by atoms with Crippen LogP contribution in [0.5, 0.6) is 0 Å². The van der Waals surface area contributed by atoms with Gasteiger partial charge >= 0.3 is 0 Å². The molecule has 14 heavy (non-hydrogen) atoms. The van der Waals surface area contributed by atoms with Crippen molar-refractivity contribution in [1.82, 2.24) is 10.2 Å². The lowest BCUT2D eigenvalue weighted by molar-refractivity contribution is 0.159. The van der Waals surface area contributed by atoms with Crippen LogP contribution in [0.2, 0.25) is 0 Å². The number of likely N-dealkylation sites (N-methyl/N-ethyl adjacent to an activating group) is 1. The molecule has 1 atom stereocenters. The average molecular weight is 202 g/mol. The Labute approximate surface area is 88.8 Å². The fraction of sp³-hybridized carbons (Fsp3) is 1.00. The fourth-order valence-corrected chi connectivity index (χ4v) is 1.27. The van der Waals surface area contributed by atoms with E-state index in [0.29, 0.717) is 6.04 Å². The summed E-state index contributed by atoms with van der Waals surface area (Å²) in [5, 5.41) is 3.49. The number of nitrogens with one attached hydrogen (secondary N) is 1. The Hall–Kier alpha value is -0.120. The molecule has 1 unspecified atom stereocenters. The molecule has 0 bridgehead atoms. The molecule has 1 N–H and O–H groups in total. The number of hydrogen-bond donors (Lipinski definition) is 1. The van der Waals surface area contributed by atoms with E-state index < -0.39 is 0 Å². The van der Waals surface area contributed by atoms with E-state index in [1.807, 2.05) is 0 Å². The first-order valence-electron chi connectivity index (χ1n) is 5.61. The number of ether oxygens (including phenoxy) is 1. The summed E-state index contributed by atoms with van der Waals surface area (Å²) < 4.78 is 5.03. The highest BCUT2D eigenvalue weighted by molar-refractivity contribution is 4.62. The topological polar surface area (TPSA) is 24.5 Å². The van der Waals surface area contributed by atoms with Crippen molar-refractivity contribution < 1.29 is 4.74 Å². The standard InChI is InChI=1S/C11H26N2O/c1-5-7-12-11(2)6-8-13(3)9-10-14-4/h11-12H,5-10H2,1-4H3. The van der Waals surface area contributed by atoms with Gasteiger partial charge < -0.3 is 15.0 Å². The predicted octanol–water partition coefficient (Wildman–Crippen LogP) is 1.34. The van der Waals surface area contributed by atoms with E-state index in [2.05, 4.69) is 31.1 Å². The molecule has 0 amide bonds. The minimum Gasteiger partial charge on any atom is -0.383 e. The largest absolute Gasteiger partial charge is 0.383 e. The molecule has 0 aromatic heterocycles. The van der Waals surface area contributed by atoms with E-state index in [0.717, 1.165) is 26.2 Å². The van der Waals surface area contributed by atoms with E-state index in [1.165, 1.54) is 12.8 Å². The van der Waals surface area contributed by atoms with Crippen molar-refractivity contribution in [2.45, 2.75) is 32.7 Å². The molecule has 0 rings (SSSR count). The Morgan fingerprint density at radius 3 is 2.64 bits per heavy atom. The van der Waals surface area contributed by atoms with Crippen LogP contribution in [-0.2, 0) is 4.74 Å². The van der Waals surface area contributed by atoms with Gasteiger partial charge in [0.15, 0.2) is 0 Å². The maximum Gasteiger partial charge on any atom is 0.0589 e. The third-order valence-electron chi connectivity index (χ3n) is 2.36. The Bertz CT molecular complexity index is 106.